The molecular weight excluding hydrogens is 320 g/mol. The number of H-pyrrole nitrogens is 1. The van der Waals surface area contributed by atoms with Gasteiger partial charge in [0.2, 0.25) is 5.91 Å². The Morgan fingerprint density at radius 1 is 0.808 bits per heavy atom. The molecule has 0 bridgehead atoms. The molecule has 26 heavy (non-hydrogen) atoms. The Morgan fingerprint density at radius 3 is 2.27 bits per heavy atom. The van der Waals surface area contributed by atoms with E-state index in [1.54, 1.807) is 25.1 Å². The molecule has 0 radical (unpaired) electrons. The minimum absolute atomic E-state index is 0.0251. The minimum atomic E-state index is -0.0251. The topological polar surface area (TPSA) is 36.1 Å². The minimum Gasteiger partial charge on any atom is -0.355 e. The van der Waals surface area contributed by atoms with E-state index in [0.29, 0.717) is 0 Å². The first kappa shape index (κ1) is 16.2. The van der Waals surface area contributed by atoms with Gasteiger partial charge in [-0.05, 0) is 34.9 Å². The zero-order valence-electron chi connectivity index (χ0n) is 14.9. The van der Waals surface area contributed by atoms with Crippen molar-refractivity contribution >= 4 is 33.3 Å². The van der Waals surface area contributed by atoms with Crippen LogP contribution in [0.3, 0.4) is 0 Å². The summed E-state index contributed by atoms with van der Waals surface area (Å²) in [4.78, 5) is 17.4. The number of carbonyl (C=O) groups is 1. The standard InChI is InChI=1S/C23H20N2O/c1-25(2)23(26)15-19(16-8-4-3-5-9-16)17-12-13-22-20(14-17)18-10-6-7-11-21(18)24-22/h3-15,24H,1-2H3. The van der Waals surface area contributed by atoms with Crippen LogP contribution >= 0.6 is 0 Å². The van der Waals surface area contributed by atoms with Crippen LogP contribution in [0.2, 0.25) is 0 Å². The molecule has 1 aromatic heterocycles. The van der Waals surface area contributed by atoms with Crippen LogP contribution in [0.1, 0.15) is 11.1 Å². The maximum atomic E-state index is 12.4. The second-order valence-electron chi connectivity index (χ2n) is 6.59. The Balaban J connectivity index is 1.93. The first-order valence-corrected chi connectivity index (χ1v) is 8.63. The monoisotopic (exact) mass is 340 g/mol. The molecule has 0 saturated carbocycles. The van der Waals surface area contributed by atoms with E-state index in [1.165, 1.54) is 5.39 Å². The van der Waals surface area contributed by atoms with Crippen LogP contribution in [0, 0.1) is 0 Å². The summed E-state index contributed by atoms with van der Waals surface area (Å²) < 4.78 is 0. The summed E-state index contributed by atoms with van der Waals surface area (Å²) in [7, 11) is 3.54. The average Bonchev–Trinajstić information content (AvgIpc) is 3.04. The van der Waals surface area contributed by atoms with Crippen LogP contribution in [-0.4, -0.2) is 29.9 Å². The molecule has 3 nitrogen and oxygen atoms in total. The van der Waals surface area contributed by atoms with Crippen molar-refractivity contribution < 1.29 is 4.79 Å². The zero-order valence-corrected chi connectivity index (χ0v) is 14.9. The van der Waals surface area contributed by atoms with E-state index in [1.807, 2.05) is 42.5 Å². The van der Waals surface area contributed by atoms with Gasteiger partial charge in [0.1, 0.15) is 0 Å². The highest BCUT2D eigenvalue weighted by atomic mass is 16.2. The van der Waals surface area contributed by atoms with Crippen molar-refractivity contribution in [3.05, 3.63) is 90.0 Å². The largest absolute Gasteiger partial charge is 0.355 e. The van der Waals surface area contributed by atoms with Crippen molar-refractivity contribution in [1.29, 1.82) is 0 Å². The number of hydrogen-bond donors (Lipinski definition) is 1. The Labute approximate surface area is 152 Å². The van der Waals surface area contributed by atoms with Gasteiger partial charge >= 0.3 is 0 Å². The number of fused-ring (bicyclic) bond motifs is 3. The van der Waals surface area contributed by atoms with E-state index >= 15 is 0 Å². The SMILES string of the molecule is CN(C)C(=O)C=C(c1ccccc1)c1ccc2[nH]c3ccccc3c2c1. The van der Waals surface area contributed by atoms with Gasteiger partial charge in [-0.3, -0.25) is 4.79 Å². The molecule has 3 aromatic carbocycles. The fourth-order valence-corrected chi connectivity index (χ4v) is 3.22. The van der Waals surface area contributed by atoms with E-state index in [-0.39, 0.29) is 5.91 Å². The summed E-state index contributed by atoms with van der Waals surface area (Å²) >= 11 is 0. The quantitative estimate of drug-likeness (QED) is 0.532. The van der Waals surface area contributed by atoms with Crippen molar-refractivity contribution in [3.63, 3.8) is 0 Å². The number of carbonyl (C=O) groups excluding carboxylic acids is 1. The highest BCUT2D eigenvalue weighted by molar-refractivity contribution is 6.09. The third-order valence-corrected chi connectivity index (χ3v) is 4.61. The summed E-state index contributed by atoms with van der Waals surface area (Å²) in [6.07, 6.45) is 1.71. The summed E-state index contributed by atoms with van der Waals surface area (Å²) in [6, 6.07) is 24.6. The van der Waals surface area contributed by atoms with Crippen LogP contribution in [-0.2, 0) is 4.79 Å². The smallest absolute Gasteiger partial charge is 0.246 e. The van der Waals surface area contributed by atoms with E-state index < -0.39 is 0 Å². The number of hydrogen-bond acceptors (Lipinski definition) is 1. The molecule has 4 aromatic rings. The predicted octanol–water partition coefficient (Wildman–Crippen LogP) is 4.84. The Hall–Kier alpha value is -3.33. The number of aromatic amines is 1. The Morgan fingerprint density at radius 2 is 1.50 bits per heavy atom. The number of rotatable bonds is 3. The van der Waals surface area contributed by atoms with Crippen LogP contribution < -0.4 is 0 Å². The van der Waals surface area contributed by atoms with E-state index in [2.05, 4.69) is 35.3 Å². The number of amides is 1. The summed E-state index contributed by atoms with van der Waals surface area (Å²) in [5.74, 6) is -0.0251. The van der Waals surface area contributed by atoms with Gasteiger partial charge in [-0.25, -0.2) is 0 Å². The van der Waals surface area contributed by atoms with Crippen molar-refractivity contribution in [1.82, 2.24) is 9.88 Å². The van der Waals surface area contributed by atoms with Gasteiger partial charge < -0.3 is 9.88 Å². The average molecular weight is 340 g/mol. The zero-order chi connectivity index (χ0) is 18.1. The highest BCUT2D eigenvalue weighted by Gasteiger charge is 2.11. The van der Waals surface area contributed by atoms with Crippen LogP contribution in [0.15, 0.2) is 78.9 Å². The molecule has 1 heterocycles. The van der Waals surface area contributed by atoms with Gasteiger partial charge in [0, 0.05) is 42.0 Å². The number of likely N-dealkylation sites (N-methyl/N-ethyl adjacent to an activating group) is 1. The van der Waals surface area contributed by atoms with Gasteiger partial charge in [0.15, 0.2) is 0 Å². The van der Waals surface area contributed by atoms with Crippen LogP contribution in [0.5, 0.6) is 0 Å². The third kappa shape index (κ3) is 2.88. The van der Waals surface area contributed by atoms with E-state index in [4.69, 9.17) is 0 Å². The maximum absolute atomic E-state index is 12.4. The third-order valence-electron chi connectivity index (χ3n) is 4.61. The van der Waals surface area contributed by atoms with Gasteiger partial charge in [-0.15, -0.1) is 0 Å². The molecule has 0 spiro atoms. The van der Waals surface area contributed by atoms with Crippen LogP contribution in [0.4, 0.5) is 0 Å². The predicted molar refractivity (Wildman–Crippen MR) is 108 cm³/mol. The van der Waals surface area contributed by atoms with E-state index in [9.17, 15) is 4.79 Å². The lowest BCUT2D eigenvalue weighted by atomic mass is 9.96. The lowest BCUT2D eigenvalue weighted by Crippen LogP contribution is -2.19. The molecule has 1 N–H and O–H groups in total. The molecule has 128 valence electrons. The maximum Gasteiger partial charge on any atom is 0.246 e. The highest BCUT2D eigenvalue weighted by Crippen LogP contribution is 2.30. The fourth-order valence-electron chi connectivity index (χ4n) is 3.22. The summed E-state index contributed by atoms with van der Waals surface area (Å²) in [5.41, 5.74) is 5.21. The van der Waals surface area contributed by atoms with Gasteiger partial charge in [0.05, 0.1) is 0 Å². The Bertz CT molecular complexity index is 1120. The van der Waals surface area contributed by atoms with Crippen LogP contribution in [0.25, 0.3) is 27.4 Å². The first-order valence-electron chi connectivity index (χ1n) is 8.63. The number of para-hydroxylation sites is 1. The number of nitrogens with zero attached hydrogens (tertiary/aromatic N) is 1. The fraction of sp³-hybridized carbons (Fsp3) is 0.0870. The van der Waals surface area contributed by atoms with Crippen molar-refractivity contribution in [2.75, 3.05) is 14.1 Å². The van der Waals surface area contributed by atoms with Crippen molar-refractivity contribution in [3.8, 4) is 0 Å². The first-order chi connectivity index (χ1) is 12.6. The van der Waals surface area contributed by atoms with Gasteiger partial charge in [-0.2, -0.15) is 0 Å². The lowest BCUT2D eigenvalue weighted by molar-refractivity contribution is -0.123. The molecule has 0 aliphatic carbocycles. The van der Waals surface area contributed by atoms with E-state index in [0.717, 1.165) is 33.1 Å². The number of nitrogens with one attached hydrogen (secondary N) is 1. The lowest BCUT2D eigenvalue weighted by Gasteiger charge is -2.12. The molecule has 0 aliphatic heterocycles. The molecule has 4 rings (SSSR count). The second kappa shape index (κ2) is 6.52. The summed E-state index contributed by atoms with van der Waals surface area (Å²) in [5, 5.41) is 2.35. The molecule has 1 amide bonds. The normalized spacial score (nSPS) is 11.8. The number of benzene rings is 3. The molecular formula is C23H20N2O. The van der Waals surface area contributed by atoms with Gasteiger partial charge in [0.25, 0.3) is 0 Å². The summed E-state index contributed by atoms with van der Waals surface area (Å²) in [6.45, 7) is 0. The van der Waals surface area contributed by atoms with Crippen molar-refractivity contribution in [2.24, 2.45) is 0 Å². The molecule has 0 aliphatic rings. The van der Waals surface area contributed by atoms with Gasteiger partial charge in [-0.1, -0.05) is 54.6 Å². The molecule has 0 fully saturated rings. The number of aromatic nitrogens is 1. The second-order valence-corrected chi connectivity index (χ2v) is 6.59. The molecule has 0 saturated heterocycles. The van der Waals surface area contributed by atoms with Crippen molar-refractivity contribution in [2.45, 2.75) is 0 Å². The Kier molecular flexibility index (Phi) is 4.05. The molecule has 0 unspecified atom stereocenters. The molecule has 0 atom stereocenters. The molecule has 3 heteroatoms.